The van der Waals surface area contributed by atoms with Crippen molar-refractivity contribution in [2.45, 2.75) is 19.3 Å². The van der Waals surface area contributed by atoms with Gasteiger partial charge in [0.1, 0.15) is 0 Å². The highest BCUT2D eigenvalue weighted by atomic mass is 32.1. The van der Waals surface area contributed by atoms with Gasteiger partial charge in [-0.05, 0) is 104 Å². The molecule has 0 unspecified atom stereocenters. The molecule has 0 saturated carbocycles. The lowest BCUT2D eigenvalue weighted by atomic mass is 9.82. The molecule has 1 aromatic heterocycles. The van der Waals surface area contributed by atoms with Crippen LogP contribution in [0, 0.1) is 0 Å². The van der Waals surface area contributed by atoms with Crippen molar-refractivity contribution in [3.05, 3.63) is 211 Å². The molecule has 10 aromatic rings. The molecule has 0 fully saturated rings. The maximum atomic E-state index is 2.52. The van der Waals surface area contributed by atoms with Gasteiger partial charge in [0.2, 0.25) is 0 Å². The van der Waals surface area contributed by atoms with Crippen LogP contribution >= 0.6 is 11.3 Å². The van der Waals surface area contributed by atoms with Gasteiger partial charge in [0.25, 0.3) is 0 Å². The lowest BCUT2D eigenvalue weighted by Gasteiger charge is -2.30. The number of rotatable bonds is 6. The normalized spacial score (nSPS) is 12.9. The number of fused-ring (bicyclic) bond motifs is 7. The van der Waals surface area contributed by atoms with Gasteiger partial charge in [0.15, 0.2) is 0 Å². The van der Waals surface area contributed by atoms with E-state index in [-0.39, 0.29) is 5.41 Å². The molecule has 57 heavy (non-hydrogen) atoms. The molecular weight excluding hydrogens is 707 g/mol. The monoisotopic (exact) mass is 745 g/mol. The predicted octanol–water partition coefficient (Wildman–Crippen LogP) is 16.0. The highest BCUT2D eigenvalue weighted by Gasteiger charge is 2.36. The van der Waals surface area contributed by atoms with Gasteiger partial charge in [-0.15, -0.1) is 11.3 Å². The van der Waals surface area contributed by atoms with Crippen LogP contribution in [-0.2, 0) is 5.41 Å². The SMILES string of the molecule is CC1(C)c2ccccc2-c2ccc(N(c3cc(-c4ccc5ccccc5c4)c4sc5ccccc5c4c3)c3ccc(-c4ccccc4)cc3-c3ccccc3)cc21. The average Bonchev–Trinajstić information content (AvgIpc) is 3.75. The van der Waals surface area contributed by atoms with E-state index in [1.807, 2.05) is 11.3 Å². The van der Waals surface area contributed by atoms with E-state index in [9.17, 15) is 0 Å². The van der Waals surface area contributed by atoms with Crippen molar-refractivity contribution >= 4 is 59.3 Å². The Kier molecular flexibility index (Phi) is 7.77. The molecule has 1 heterocycles. The van der Waals surface area contributed by atoms with Gasteiger partial charge in [0, 0.05) is 48.1 Å². The fraction of sp³-hybridized carbons (Fsp3) is 0.0545. The summed E-state index contributed by atoms with van der Waals surface area (Å²) in [6.07, 6.45) is 0. The van der Waals surface area contributed by atoms with Crippen LogP contribution in [-0.4, -0.2) is 0 Å². The lowest BCUT2D eigenvalue weighted by Crippen LogP contribution is -2.17. The Morgan fingerprint density at radius 2 is 1.07 bits per heavy atom. The largest absolute Gasteiger partial charge is 0.310 e. The molecule has 0 atom stereocenters. The van der Waals surface area contributed by atoms with Crippen LogP contribution in [0.15, 0.2) is 200 Å². The first-order chi connectivity index (χ1) is 28.0. The second kappa shape index (κ2) is 13.2. The van der Waals surface area contributed by atoms with Crippen molar-refractivity contribution in [1.29, 1.82) is 0 Å². The minimum absolute atomic E-state index is 0.142. The van der Waals surface area contributed by atoms with Crippen molar-refractivity contribution in [2.24, 2.45) is 0 Å². The summed E-state index contributed by atoms with van der Waals surface area (Å²) in [7, 11) is 0. The van der Waals surface area contributed by atoms with Crippen LogP contribution in [0.2, 0.25) is 0 Å². The number of hydrogen-bond acceptors (Lipinski definition) is 2. The molecule has 0 saturated heterocycles. The Hall–Kier alpha value is -6.74. The first-order valence-electron chi connectivity index (χ1n) is 19.8. The predicted molar refractivity (Wildman–Crippen MR) is 245 cm³/mol. The summed E-state index contributed by atoms with van der Waals surface area (Å²) in [4.78, 5) is 2.52. The van der Waals surface area contributed by atoms with E-state index in [4.69, 9.17) is 0 Å². The molecule has 1 aliphatic carbocycles. The molecule has 2 heteroatoms. The van der Waals surface area contributed by atoms with Crippen molar-refractivity contribution in [3.8, 4) is 44.5 Å². The third-order valence-electron chi connectivity index (χ3n) is 12.0. The Morgan fingerprint density at radius 1 is 0.386 bits per heavy atom. The van der Waals surface area contributed by atoms with Gasteiger partial charge in [-0.1, -0.05) is 166 Å². The molecule has 0 aliphatic heterocycles. The van der Waals surface area contributed by atoms with Crippen LogP contribution in [0.4, 0.5) is 17.1 Å². The van der Waals surface area contributed by atoms with Gasteiger partial charge in [-0.25, -0.2) is 0 Å². The van der Waals surface area contributed by atoms with Crippen molar-refractivity contribution in [2.75, 3.05) is 4.90 Å². The third kappa shape index (κ3) is 5.51. The van der Waals surface area contributed by atoms with E-state index in [2.05, 4.69) is 219 Å². The second-order valence-electron chi connectivity index (χ2n) is 15.7. The number of thiophene rings is 1. The molecule has 0 spiro atoms. The van der Waals surface area contributed by atoms with E-state index >= 15 is 0 Å². The van der Waals surface area contributed by atoms with Gasteiger partial charge in [-0.3, -0.25) is 0 Å². The molecule has 0 amide bonds. The van der Waals surface area contributed by atoms with Crippen molar-refractivity contribution in [3.63, 3.8) is 0 Å². The standard InChI is InChI=1S/C55H39NS/c1-55(2)50-23-13-11-21-44(50)45-29-28-42(35-51(45)55)56(52-30-27-40(36-15-5-3-6-16-36)32-47(52)38-18-7-4-8-19-38)43-33-48(41-26-25-37-17-9-10-20-39(37)31-41)54-49(34-43)46-22-12-14-24-53(46)57-54/h3-35H,1-2H3. The highest BCUT2D eigenvalue weighted by Crippen LogP contribution is 2.53. The minimum atomic E-state index is -0.142. The molecule has 0 bridgehead atoms. The van der Waals surface area contributed by atoms with Crippen LogP contribution in [0.25, 0.3) is 75.5 Å². The molecular formula is C55H39NS. The fourth-order valence-electron chi connectivity index (χ4n) is 9.16. The summed E-state index contributed by atoms with van der Waals surface area (Å²) in [5.74, 6) is 0. The number of hydrogen-bond donors (Lipinski definition) is 0. The lowest BCUT2D eigenvalue weighted by molar-refractivity contribution is 0.660. The molecule has 0 N–H and O–H groups in total. The molecule has 1 nitrogen and oxygen atoms in total. The topological polar surface area (TPSA) is 3.24 Å². The van der Waals surface area contributed by atoms with Crippen LogP contribution < -0.4 is 4.90 Å². The maximum absolute atomic E-state index is 2.52. The Balaban J connectivity index is 1.22. The van der Waals surface area contributed by atoms with Crippen LogP contribution in [0.1, 0.15) is 25.0 Å². The molecule has 11 rings (SSSR count). The Bertz CT molecular complexity index is 3150. The second-order valence-corrected chi connectivity index (χ2v) is 16.8. The molecule has 270 valence electrons. The quantitative estimate of drug-likeness (QED) is 0.164. The summed E-state index contributed by atoms with van der Waals surface area (Å²) in [5, 5.41) is 5.06. The van der Waals surface area contributed by atoms with E-state index in [0.29, 0.717) is 0 Å². The number of benzene rings is 9. The summed E-state index contributed by atoms with van der Waals surface area (Å²) < 4.78 is 2.61. The number of nitrogens with zero attached hydrogens (tertiary/aromatic N) is 1. The van der Waals surface area contributed by atoms with Gasteiger partial charge >= 0.3 is 0 Å². The van der Waals surface area contributed by atoms with Crippen molar-refractivity contribution in [1.82, 2.24) is 0 Å². The van der Waals surface area contributed by atoms with E-state index < -0.39 is 0 Å². The van der Waals surface area contributed by atoms with E-state index in [0.717, 1.165) is 17.1 Å². The van der Waals surface area contributed by atoms with Gasteiger partial charge in [0.05, 0.1) is 5.69 Å². The first kappa shape index (κ1) is 33.6. The van der Waals surface area contributed by atoms with Crippen LogP contribution in [0.5, 0.6) is 0 Å². The number of anilines is 3. The first-order valence-corrected chi connectivity index (χ1v) is 20.6. The smallest absolute Gasteiger partial charge is 0.0540 e. The third-order valence-corrected chi connectivity index (χ3v) is 13.3. The Labute approximate surface area is 337 Å². The minimum Gasteiger partial charge on any atom is -0.310 e. The van der Waals surface area contributed by atoms with E-state index in [1.54, 1.807) is 0 Å². The van der Waals surface area contributed by atoms with Gasteiger partial charge in [-0.2, -0.15) is 0 Å². The Morgan fingerprint density at radius 3 is 1.91 bits per heavy atom. The van der Waals surface area contributed by atoms with E-state index in [1.165, 1.54) is 86.6 Å². The molecule has 0 radical (unpaired) electrons. The summed E-state index contributed by atoms with van der Waals surface area (Å²) in [5.41, 5.74) is 15.9. The summed E-state index contributed by atoms with van der Waals surface area (Å²) in [6, 6.07) is 74.1. The summed E-state index contributed by atoms with van der Waals surface area (Å²) >= 11 is 1.89. The summed E-state index contributed by atoms with van der Waals surface area (Å²) in [6.45, 7) is 4.74. The molecule has 1 aliphatic rings. The highest BCUT2D eigenvalue weighted by molar-refractivity contribution is 7.26. The maximum Gasteiger partial charge on any atom is 0.0540 e. The van der Waals surface area contributed by atoms with Crippen LogP contribution in [0.3, 0.4) is 0 Å². The zero-order chi connectivity index (χ0) is 38.1. The zero-order valence-electron chi connectivity index (χ0n) is 31.9. The fourth-order valence-corrected chi connectivity index (χ4v) is 10.4. The average molecular weight is 746 g/mol. The molecule has 9 aromatic carbocycles. The van der Waals surface area contributed by atoms with Crippen molar-refractivity contribution < 1.29 is 0 Å². The van der Waals surface area contributed by atoms with Gasteiger partial charge < -0.3 is 4.90 Å². The zero-order valence-corrected chi connectivity index (χ0v) is 32.7.